The van der Waals surface area contributed by atoms with Gasteiger partial charge >= 0.3 is 0 Å². The van der Waals surface area contributed by atoms with Gasteiger partial charge in [0.25, 0.3) is 0 Å². The van der Waals surface area contributed by atoms with Crippen LogP contribution in [-0.4, -0.2) is 30.6 Å². The van der Waals surface area contributed by atoms with Gasteiger partial charge in [-0.15, -0.1) is 23.7 Å². The van der Waals surface area contributed by atoms with E-state index in [0.29, 0.717) is 17.1 Å². The molecule has 0 bridgehead atoms. The predicted molar refractivity (Wildman–Crippen MR) is 91.8 cm³/mol. The highest BCUT2D eigenvalue weighted by atomic mass is 35.5. The van der Waals surface area contributed by atoms with E-state index in [1.165, 1.54) is 24.5 Å². The minimum atomic E-state index is -0.733. The van der Waals surface area contributed by atoms with Gasteiger partial charge in [-0.05, 0) is 24.1 Å². The second kappa shape index (κ2) is 8.93. The zero-order valence-corrected chi connectivity index (χ0v) is 14.5. The molecule has 1 atom stereocenters. The summed E-state index contributed by atoms with van der Waals surface area (Å²) in [5.74, 6) is -0.565. The van der Waals surface area contributed by atoms with Crippen molar-refractivity contribution in [3.8, 4) is 0 Å². The molecular weight excluding hydrogens is 341 g/mol. The van der Waals surface area contributed by atoms with Crippen molar-refractivity contribution in [1.82, 2.24) is 4.98 Å². The summed E-state index contributed by atoms with van der Waals surface area (Å²) in [4.78, 5) is 16.8. The molecule has 1 heterocycles. The van der Waals surface area contributed by atoms with Crippen molar-refractivity contribution in [2.75, 3.05) is 19.0 Å². The van der Waals surface area contributed by atoms with Gasteiger partial charge in [0.15, 0.2) is 5.13 Å². The number of rotatable bonds is 6. The molecule has 1 unspecified atom stereocenters. The maximum atomic E-state index is 13.5. The minimum Gasteiger partial charge on any atom is -0.383 e. The third kappa shape index (κ3) is 5.54. The summed E-state index contributed by atoms with van der Waals surface area (Å²) in [6.07, 6.45) is 2.23. The number of aryl methyl sites for hydroxylation is 1. The van der Waals surface area contributed by atoms with E-state index in [1.54, 1.807) is 19.2 Å². The smallest absolute Gasteiger partial charge is 0.245 e. The van der Waals surface area contributed by atoms with Crippen molar-refractivity contribution in [2.24, 2.45) is 5.73 Å². The Labute approximate surface area is 144 Å². The lowest BCUT2D eigenvalue weighted by molar-refractivity contribution is -0.118. The number of anilines is 1. The Morgan fingerprint density at radius 1 is 1.52 bits per heavy atom. The molecule has 1 amide bonds. The number of halogens is 2. The molecule has 2 aromatic rings. The number of benzene rings is 1. The summed E-state index contributed by atoms with van der Waals surface area (Å²) in [7, 11) is 1.48. The summed E-state index contributed by atoms with van der Waals surface area (Å²) >= 11 is 1.34. The van der Waals surface area contributed by atoms with Crippen LogP contribution in [0.2, 0.25) is 0 Å². The molecule has 8 heteroatoms. The fraction of sp³-hybridized carbons (Fsp3) is 0.333. The lowest BCUT2D eigenvalue weighted by Gasteiger charge is -2.08. The number of thiazole rings is 1. The van der Waals surface area contributed by atoms with Crippen LogP contribution in [0.4, 0.5) is 9.52 Å². The average molecular weight is 360 g/mol. The first-order chi connectivity index (χ1) is 10.5. The van der Waals surface area contributed by atoms with Gasteiger partial charge in [-0.3, -0.25) is 4.79 Å². The highest BCUT2D eigenvalue weighted by molar-refractivity contribution is 7.15. The highest BCUT2D eigenvalue weighted by Gasteiger charge is 2.15. The molecule has 3 N–H and O–H groups in total. The predicted octanol–water partition coefficient (Wildman–Crippen LogP) is 2.52. The van der Waals surface area contributed by atoms with Gasteiger partial charge in [0.2, 0.25) is 5.91 Å². The van der Waals surface area contributed by atoms with E-state index in [1.807, 2.05) is 6.07 Å². The van der Waals surface area contributed by atoms with E-state index >= 15 is 0 Å². The topological polar surface area (TPSA) is 77.2 Å². The molecule has 0 aliphatic carbocycles. The van der Waals surface area contributed by atoms with Crippen LogP contribution >= 0.6 is 23.7 Å². The van der Waals surface area contributed by atoms with Crippen LogP contribution in [0.15, 0.2) is 24.4 Å². The van der Waals surface area contributed by atoms with Crippen LogP contribution < -0.4 is 11.1 Å². The molecule has 1 aromatic carbocycles. The van der Waals surface area contributed by atoms with Crippen molar-refractivity contribution >= 4 is 34.8 Å². The Bertz CT molecular complexity index is 666. The van der Waals surface area contributed by atoms with E-state index < -0.39 is 6.04 Å². The third-order valence-corrected chi connectivity index (χ3v) is 3.99. The van der Waals surface area contributed by atoms with Crippen LogP contribution in [0, 0.1) is 12.7 Å². The number of hydrogen-bond donors (Lipinski definition) is 2. The van der Waals surface area contributed by atoms with Gasteiger partial charge < -0.3 is 15.8 Å². The first-order valence-corrected chi connectivity index (χ1v) is 7.56. The molecule has 0 saturated heterocycles. The average Bonchev–Trinajstić information content (AvgIpc) is 2.90. The number of aromatic nitrogens is 1. The zero-order valence-electron chi connectivity index (χ0n) is 12.8. The maximum Gasteiger partial charge on any atom is 0.245 e. The van der Waals surface area contributed by atoms with Gasteiger partial charge in [0.05, 0.1) is 6.61 Å². The van der Waals surface area contributed by atoms with Gasteiger partial charge in [0, 0.05) is 24.6 Å². The third-order valence-electron chi connectivity index (χ3n) is 3.08. The molecule has 5 nitrogen and oxygen atoms in total. The van der Waals surface area contributed by atoms with E-state index in [9.17, 15) is 9.18 Å². The van der Waals surface area contributed by atoms with Crippen LogP contribution in [0.25, 0.3) is 0 Å². The number of carbonyl (C=O) groups is 1. The van der Waals surface area contributed by atoms with E-state index in [4.69, 9.17) is 10.5 Å². The van der Waals surface area contributed by atoms with E-state index in [0.717, 1.165) is 10.4 Å². The van der Waals surface area contributed by atoms with Crippen molar-refractivity contribution in [1.29, 1.82) is 0 Å². The Kier molecular flexibility index (Phi) is 7.57. The lowest BCUT2D eigenvalue weighted by atomic mass is 10.1. The molecule has 0 spiro atoms. The molecule has 0 fully saturated rings. The second-order valence-electron chi connectivity index (χ2n) is 4.94. The zero-order chi connectivity index (χ0) is 16.1. The van der Waals surface area contributed by atoms with E-state index in [-0.39, 0.29) is 30.7 Å². The van der Waals surface area contributed by atoms with Crippen molar-refractivity contribution in [2.45, 2.75) is 19.4 Å². The molecule has 0 aliphatic heterocycles. The number of nitrogens with one attached hydrogen (secondary N) is 1. The minimum absolute atomic E-state index is 0. The van der Waals surface area contributed by atoms with Gasteiger partial charge in [-0.2, -0.15) is 0 Å². The molecule has 0 radical (unpaired) electrons. The summed E-state index contributed by atoms with van der Waals surface area (Å²) in [5, 5.41) is 3.11. The molecule has 23 heavy (non-hydrogen) atoms. The second-order valence-corrected chi connectivity index (χ2v) is 6.06. The maximum absolute atomic E-state index is 13.5. The fourth-order valence-corrected chi connectivity index (χ4v) is 2.70. The Morgan fingerprint density at radius 2 is 2.26 bits per heavy atom. The van der Waals surface area contributed by atoms with Crippen LogP contribution in [0.3, 0.4) is 0 Å². The summed E-state index contributed by atoms with van der Waals surface area (Å²) < 4.78 is 18.4. The van der Waals surface area contributed by atoms with Crippen molar-refractivity contribution in [3.05, 3.63) is 46.2 Å². The van der Waals surface area contributed by atoms with Gasteiger partial charge in [-0.25, -0.2) is 9.37 Å². The van der Waals surface area contributed by atoms with Crippen molar-refractivity contribution in [3.63, 3.8) is 0 Å². The lowest BCUT2D eigenvalue weighted by Crippen LogP contribution is -2.39. The Hall–Kier alpha value is -1.54. The molecule has 0 aliphatic rings. The first kappa shape index (κ1) is 19.5. The number of ether oxygens (including phenoxy) is 1. The van der Waals surface area contributed by atoms with Crippen LogP contribution in [0.1, 0.15) is 16.0 Å². The number of methoxy groups -OCH3 is 1. The molecule has 1 aromatic heterocycles. The number of nitrogens with two attached hydrogens (primary N) is 1. The summed E-state index contributed by atoms with van der Waals surface area (Å²) in [6.45, 7) is 1.87. The fourth-order valence-electron chi connectivity index (χ4n) is 1.85. The normalized spacial score (nSPS) is 11.7. The Balaban J connectivity index is 0.00000264. The number of amides is 1. The summed E-state index contributed by atoms with van der Waals surface area (Å²) in [5.41, 5.74) is 7.12. The molecular formula is C15H19ClFN3O2S. The first-order valence-electron chi connectivity index (χ1n) is 6.74. The van der Waals surface area contributed by atoms with Crippen LogP contribution in [0.5, 0.6) is 0 Å². The largest absolute Gasteiger partial charge is 0.383 e. The van der Waals surface area contributed by atoms with Gasteiger partial charge in [0.1, 0.15) is 11.9 Å². The standard InChI is InChI=1S/C15H18FN3O2S.ClH/c1-9-3-4-10(6-12(9)16)5-11-7-18-15(22-11)19-14(20)13(17)8-21-2;/h3-4,6-7,13H,5,8,17H2,1-2H3,(H,18,19,20);1H. The van der Waals surface area contributed by atoms with Gasteiger partial charge in [-0.1, -0.05) is 12.1 Å². The molecule has 2 rings (SSSR count). The monoisotopic (exact) mass is 359 g/mol. The number of hydrogen-bond acceptors (Lipinski definition) is 5. The SMILES string of the molecule is COCC(N)C(=O)Nc1ncc(Cc2ccc(C)c(F)c2)s1.Cl. The quantitative estimate of drug-likeness (QED) is 0.830. The van der Waals surface area contributed by atoms with E-state index in [2.05, 4.69) is 10.3 Å². The Morgan fingerprint density at radius 3 is 2.91 bits per heavy atom. The number of nitrogens with zero attached hydrogens (tertiary/aromatic N) is 1. The highest BCUT2D eigenvalue weighted by Crippen LogP contribution is 2.22. The van der Waals surface area contributed by atoms with Crippen LogP contribution in [-0.2, 0) is 16.0 Å². The molecule has 126 valence electrons. The molecule has 0 saturated carbocycles. The summed E-state index contributed by atoms with van der Waals surface area (Å²) in [6, 6.07) is 4.41. The van der Waals surface area contributed by atoms with Crippen molar-refractivity contribution < 1.29 is 13.9 Å². The number of carbonyl (C=O) groups excluding carboxylic acids is 1.